The van der Waals surface area contributed by atoms with E-state index in [9.17, 15) is 14.4 Å². The number of hydrogen-bond acceptors (Lipinski definition) is 6. The molecule has 0 rings (SSSR count). The zero-order chi connectivity index (χ0) is 48.6. The minimum absolute atomic E-state index is 0.101. The highest BCUT2D eigenvalue weighted by molar-refractivity contribution is 5.71. The third-order valence-corrected chi connectivity index (χ3v) is 11.0. The lowest BCUT2D eigenvalue weighted by atomic mass is 10.1. The van der Waals surface area contributed by atoms with Crippen LogP contribution in [-0.4, -0.2) is 37.2 Å². The summed E-state index contributed by atoms with van der Waals surface area (Å²) in [4.78, 5) is 37.9. The van der Waals surface area contributed by atoms with Gasteiger partial charge in [-0.1, -0.05) is 219 Å². The molecule has 0 aliphatic carbocycles. The van der Waals surface area contributed by atoms with Crippen LogP contribution in [0.5, 0.6) is 0 Å². The van der Waals surface area contributed by atoms with Crippen molar-refractivity contribution in [3.63, 3.8) is 0 Å². The van der Waals surface area contributed by atoms with Crippen LogP contribution in [0.4, 0.5) is 0 Å². The first-order valence-corrected chi connectivity index (χ1v) is 27.0. The van der Waals surface area contributed by atoms with Crippen molar-refractivity contribution >= 4 is 17.9 Å². The number of allylic oxidation sites excluding steroid dienone is 20. The van der Waals surface area contributed by atoms with Crippen molar-refractivity contribution in [2.45, 2.75) is 232 Å². The molecule has 0 saturated heterocycles. The Morgan fingerprint density at radius 3 is 0.940 bits per heavy atom. The van der Waals surface area contributed by atoms with E-state index in [1.807, 2.05) is 0 Å². The Balaban J connectivity index is 4.37. The van der Waals surface area contributed by atoms with Crippen LogP contribution in [0, 0.1) is 0 Å². The lowest BCUT2D eigenvalue weighted by molar-refractivity contribution is -0.167. The van der Waals surface area contributed by atoms with Gasteiger partial charge in [-0.3, -0.25) is 14.4 Å². The van der Waals surface area contributed by atoms with Gasteiger partial charge in [0.05, 0.1) is 0 Å². The maximum Gasteiger partial charge on any atom is 0.306 e. The van der Waals surface area contributed by atoms with E-state index in [1.165, 1.54) is 51.4 Å². The van der Waals surface area contributed by atoms with E-state index in [1.54, 1.807) is 0 Å². The van der Waals surface area contributed by atoms with Gasteiger partial charge in [0.25, 0.3) is 0 Å². The Hall–Kier alpha value is -4.19. The van der Waals surface area contributed by atoms with Crippen LogP contribution in [-0.2, 0) is 28.6 Å². The summed E-state index contributed by atoms with van der Waals surface area (Å²) in [5, 5.41) is 0. The van der Waals surface area contributed by atoms with E-state index in [0.29, 0.717) is 19.3 Å². The van der Waals surface area contributed by atoms with Crippen LogP contribution in [0.3, 0.4) is 0 Å². The first-order chi connectivity index (χ1) is 33.0. The van der Waals surface area contributed by atoms with Gasteiger partial charge in [0.15, 0.2) is 6.10 Å². The summed E-state index contributed by atoms with van der Waals surface area (Å²) < 4.78 is 16.7. The first kappa shape index (κ1) is 62.8. The lowest BCUT2D eigenvalue weighted by Crippen LogP contribution is -2.30. The topological polar surface area (TPSA) is 78.9 Å². The fourth-order valence-electron chi connectivity index (χ4n) is 6.96. The number of ether oxygens (including phenoxy) is 3. The smallest absolute Gasteiger partial charge is 0.306 e. The van der Waals surface area contributed by atoms with Gasteiger partial charge in [-0.25, -0.2) is 0 Å². The highest BCUT2D eigenvalue weighted by Gasteiger charge is 2.19. The second kappa shape index (κ2) is 54.4. The molecule has 0 bridgehead atoms. The fourth-order valence-corrected chi connectivity index (χ4v) is 6.96. The molecule has 0 amide bonds. The fraction of sp³-hybridized carbons (Fsp3) is 0.623. The average molecular weight is 927 g/mol. The van der Waals surface area contributed by atoms with Gasteiger partial charge in [0, 0.05) is 19.3 Å². The minimum atomic E-state index is -0.806. The van der Waals surface area contributed by atoms with Gasteiger partial charge in [-0.15, -0.1) is 0 Å². The molecule has 6 heteroatoms. The van der Waals surface area contributed by atoms with Gasteiger partial charge in [-0.2, -0.15) is 0 Å². The molecule has 0 N–H and O–H groups in total. The first-order valence-electron chi connectivity index (χ1n) is 27.0. The Labute approximate surface area is 412 Å². The van der Waals surface area contributed by atoms with Crippen molar-refractivity contribution < 1.29 is 28.6 Å². The van der Waals surface area contributed by atoms with Crippen LogP contribution in [0.15, 0.2) is 122 Å². The summed E-state index contributed by atoms with van der Waals surface area (Å²) in [6.45, 7) is 6.33. The van der Waals surface area contributed by atoms with Crippen molar-refractivity contribution in [3.05, 3.63) is 122 Å². The molecule has 0 spiro atoms. The van der Waals surface area contributed by atoms with Crippen LogP contribution in [0.1, 0.15) is 226 Å². The van der Waals surface area contributed by atoms with Gasteiger partial charge in [-0.05, 0) is 109 Å². The Kier molecular flexibility index (Phi) is 51.0. The summed E-state index contributed by atoms with van der Waals surface area (Å²) in [5.74, 6) is -0.967. The number of unbranched alkanes of at least 4 members (excludes halogenated alkanes) is 16. The van der Waals surface area contributed by atoms with E-state index in [0.717, 1.165) is 128 Å². The number of carbonyl (C=O) groups excluding carboxylic acids is 3. The van der Waals surface area contributed by atoms with E-state index in [4.69, 9.17) is 14.2 Å². The molecule has 0 saturated carbocycles. The number of carbonyl (C=O) groups is 3. The third kappa shape index (κ3) is 52.6. The number of rotatable bonds is 47. The summed E-state index contributed by atoms with van der Waals surface area (Å²) in [6, 6.07) is 0. The van der Waals surface area contributed by atoms with E-state index in [2.05, 4.69) is 142 Å². The molecule has 1 atom stereocenters. The Bertz CT molecular complexity index is 1440. The molecular weight excluding hydrogens is 829 g/mol. The molecule has 0 fully saturated rings. The lowest BCUT2D eigenvalue weighted by Gasteiger charge is -2.18. The SMILES string of the molecule is CC/C=C\C/C=C\C/C=C\C/C=C\C/C=C\C/C=C\CCCCCCCCC(=O)OCC(COC(=O)CCCCCCCCCCC)OC(=O)CCCC/C=C\C/C=C\C/C=C\C/C=C\CC. The largest absolute Gasteiger partial charge is 0.462 e. The maximum absolute atomic E-state index is 12.8. The second-order valence-corrected chi connectivity index (χ2v) is 17.4. The zero-order valence-electron chi connectivity index (χ0n) is 43.1. The van der Waals surface area contributed by atoms with Crippen molar-refractivity contribution in [2.75, 3.05) is 13.2 Å². The summed E-state index contributed by atoms with van der Waals surface area (Å²) in [7, 11) is 0. The standard InChI is InChI=1S/C61H98O6/c1-4-7-10-13-16-19-21-23-25-26-27-28-29-30-31-32-33-34-36-37-39-42-45-48-51-54-60(63)66-57-58(56-65-59(62)53-50-47-44-41-18-15-12-9-6-3)67-61(64)55-52-49-46-43-40-38-35-24-22-20-17-14-11-8-5-2/h7-8,10-11,16-17,19-20,23-25,27-28,30-31,33-35,40,43,58H,4-6,9,12-15,18,21-22,26,29,32,36-39,41-42,44-57H2,1-3H3/b10-7-,11-8-,19-16-,20-17-,25-23-,28-27-,31-30-,34-33-,35-24-,43-40-. The quantitative estimate of drug-likeness (QED) is 0.0262. The monoisotopic (exact) mass is 927 g/mol. The number of esters is 3. The van der Waals surface area contributed by atoms with Crippen LogP contribution < -0.4 is 0 Å². The second-order valence-electron chi connectivity index (χ2n) is 17.4. The molecule has 6 nitrogen and oxygen atoms in total. The van der Waals surface area contributed by atoms with Crippen molar-refractivity contribution in [3.8, 4) is 0 Å². The average Bonchev–Trinajstić information content (AvgIpc) is 3.33. The molecule has 0 radical (unpaired) electrons. The molecule has 0 aliphatic heterocycles. The third-order valence-electron chi connectivity index (χ3n) is 11.0. The van der Waals surface area contributed by atoms with Crippen molar-refractivity contribution in [2.24, 2.45) is 0 Å². The normalized spacial score (nSPS) is 13.1. The predicted octanol–water partition coefficient (Wildman–Crippen LogP) is 18.1. The van der Waals surface area contributed by atoms with Crippen molar-refractivity contribution in [1.29, 1.82) is 0 Å². The Morgan fingerprint density at radius 2 is 0.582 bits per heavy atom. The molecule has 0 aliphatic rings. The van der Waals surface area contributed by atoms with Gasteiger partial charge in [0.1, 0.15) is 13.2 Å². The van der Waals surface area contributed by atoms with E-state index < -0.39 is 6.10 Å². The molecule has 0 aromatic heterocycles. The van der Waals surface area contributed by atoms with E-state index >= 15 is 0 Å². The molecule has 67 heavy (non-hydrogen) atoms. The highest BCUT2D eigenvalue weighted by Crippen LogP contribution is 2.13. The zero-order valence-corrected chi connectivity index (χ0v) is 43.1. The Morgan fingerprint density at radius 1 is 0.313 bits per heavy atom. The summed E-state index contributed by atoms with van der Waals surface area (Å²) in [5.41, 5.74) is 0. The van der Waals surface area contributed by atoms with Crippen LogP contribution >= 0.6 is 0 Å². The minimum Gasteiger partial charge on any atom is -0.462 e. The molecule has 0 aromatic rings. The van der Waals surface area contributed by atoms with Gasteiger partial charge < -0.3 is 14.2 Å². The highest BCUT2D eigenvalue weighted by atomic mass is 16.6. The van der Waals surface area contributed by atoms with Crippen LogP contribution in [0.2, 0.25) is 0 Å². The summed E-state index contributed by atoms with van der Waals surface area (Å²) in [6.07, 6.45) is 74.8. The molecule has 1 unspecified atom stereocenters. The molecule has 0 heterocycles. The van der Waals surface area contributed by atoms with Crippen LogP contribution in [0.25, 0.3) is 0 Å². The molecule has 0 aromatic carbocycles. The number of hydrogen-bond donors (Lipinski definition) is 0. The van der Waals surface area contributed by atoms with Gasteiger partial charge in [0.2, 0.25) is 0 Å². The van der Waals surface area contributed by atoms with Crippen molar-refractivity contribution in [1.82, 2.24) is 0 Å². The predicted molar refractivity (Wildman–Crippen MR) is 288 cm³/mol. The van der Waals surface area contributed by atoms with E-state index in [-0.39, 0.29) is 37.5 Å². The van der Waals surface area contributed by atoms with Gasteiger partial charge >= 0.3 is 17.9 Å². The summed E-state index contributed by atoms with van der Waals surface area (Å²) >= 11 is 0. The maximum atomic E-state index is 12.8. The molecule has 378 valence electrons. The molecular formula is C61H98O6.